The molecule has 0 atom stereocenters. The highest BCUT2D eigenvalue weighted by molar-refractivity contribution is 5.75. The highest BCUT2D eigenvalue weighted by Gasteiger charge is 2.16. The van der Waals surface area contributed by atoms with Crippen molar-refractivity contribution in [1.82, 2.24) is 15.1 Å². The standard InChI is InChI=1S/C11H17N3O2/c1-9-2-5-14(13-9)8-11(15)12-10-3-6-16-7-4-10/h2,5,10H,3-4,6-8H2,1H3,(H,12,15). The molecule has 0 bridgehead atoms. The van der Waals surface area contributed by atoms with E-state index in [1.165, 1.54) is 0 Å². The summed E-state index contributed by atoms with van der Waals surface area (Å²) < 4.78 is 6.89. The maximum atomic E-state index is 11.7. The minimum atomic E-state index is 0.0231. The molecule has 5 heteroatoms. The van der Waals surface area contributed by atoms with Gasteiger partial charge in [-0.3, -0.25) is 9.48 Å². The summed E-state index contributed by atoms with van der Waals surface area (Å²) in [6.07, 6.45) is 3.63. The predicted molar refractivity (Wildman–Crippen MR) is 58.9 cm³/mol. The topological polar surface area (TPSA) is 56.2 Å². The number of ether oxygens (including phenoxy) is 1. The van der Waals surface area contributed by atoms with E-state index in [1.807, 2.05) is 19.2 Å². The second-order valence-corrected chi connectivity index (χ2v) is 4.11. The molecule has 2 rings (SSSR count). The Labute approximate surface area is 94.8 Å². The second-order valence-electron chi connectivity index (χ2n) is 4.11. The molecule has 0 radical (unpaired) electrons. The van der Waals surface area contributed by atoms with Gasteiger partial charge in [-0.05, 0) is 25.8 Å². The third kappa shape index (κ3) is 3.06. The van der Waals surface area contributed by atoms with Gasteiger partial charge in [-0.15, -0.1) is 0 Å². The number of amides is 1. The Morgan fingerprint density at radius 2 is 2.38 bits per heavy atom. The number of carbonyl (C=O) groups is 1. The van der Waals surface area contributed by atoms with E-state index in [-0.39, 0.29) is 11.9 Å². The number of nitrogens with zero attached hydrogens (tertiary/aromatic N) is 2. The summed E-state index contributed by atoms with van der Waals surface area (Å²) in [6.45, 7) is 3.69. The Hall–Kier alpha value is -1.36. The number of aromatic nitrogens is 2. The minimum Gasteiger partial charge on any atom is -0.381 e. The van der Waals surface area contributed by atoms with E-state index < -0.39 is 0 Å². The molecule has 5 nitrogen and oxygen atoms in total. The van der Waals surface area contributed by atoms with Gasteiger partial charge in [-0.25, -0.2) is 0 Å². The highest BCUT2D eigenvalue weighted by atomic mass is 16.5. The van der Waals surface area contributed by atoms with Gasteiger partial charge in [0.15, 0.2) is 0 Å². The number of carbonyl (C=O) groups excluding carboxylic acids is 1. The molecule has 1 fully saturated rings. The average molecular weight is 223 g/mol. The molecule has 0 aromatic carbocycles. The Bertz CT molecular complexity index is 356. The summed E-state index contributed by atoms with van der Waals surface area (Å²) in [5, 5.41) is 7.17. The Kier molecular flexibility index (Phi) is 3.56. The molecule has 0 saturated carbocycles. The molecule has 1 amide bonds. The zero-order valence-electron chi connectivity index (χ0n) is 9.48. The van der Waals surface area contributed by atoms with E-state index in [2.05, 4.69) is 10.4 Å². The summed E-state index contributed by atoms with van der Waals surface area (Å²) in [6, 6.07) is 2.15. The second kappa shape index (κ2) is 5.12. The van der Waals surface area contributed by atoms with Crippen LogP contribution in [0.25, 0.3) is 0 Å². The van der Waals surface area contributed by atoms with Crippen LogP contribution in [0.5, 0.6) is 0 Å². The summed E-state index contributed by atoms with van der Waals surface area (Å²) in [5.41, 5.74) is 0.930. The van der Waals surface area contributed by atoms with Gasteiger partial charge in [-0.2, -0.15) is 5.10 Å². The van der Waals surface area contributed by atoms with Crippen LogP contribution in [0.4, 0.5) is 0 Å². The third-order valence-corrected chi connectivity index (χ3v) is 2.67. The molecule has 0 aliphatic carbocycles. The van der Waals surface area contributed by atoms with Crippen LogP contribution in [0.1, 0.15) is 18.5 Å². The van der Waals surface area contributed by atoms with E-state index in [1.54, 1.807) is 4.68 Å². The molecule has 1 saturated heterocycles. The monoisotopic (exact) mass is 223 g/mol. The summed E-state index contributed by atoms with van der Waals surface area (Å²) in [4.78, 5) is 11.7. The zero-order chi connectivity index (χ0) is 11.4. The minimum absolute atomic E-state index is 0.0231. The lowest BCUT2D eigenvalue weighted by Crippen LogP contribution is -2.40. The van der Waals surface area contributed by atoms with Gasteiger partial charge in [0.2, 0.25) is 5.91 Å². The van der Waals surface area contributed by atoms with Crippen molar-refractivity contribution in [2.45, 2.75) is 32.4 Å². The van der Waals surface area contributed by atoms with Crippen LogP contribution >= 0.6 is 0 Å². The first-order valence-corrected chi connectivity index (χ1v) is 5.61. The van der Waals surface area contributed by atoms with E-state index in [4.69, 9.17) is 4.74 Å². The van der Waals surface area contributed by atoms with Crippen LogP contribution in [0.15, 0.2) is 12.3 Å². The molecule has 1 aliphatic rings. The molecule has 16 heavy (non-hydrogen) atoms. The van der Waals surface area contributed by atoms with E-state index in [9.17, 15) is 4.79 Å². The van der Waals surface area contributed by atoms with Crippen LogP contribution < -0.4 is 5.32 Å². The molecule has 1 aliphatic heterocycles. The predicted octanol–water partition coefficient (Wildman–Crippen LogP) is 0.487. The van der Waals surface area contributed by atoms with Crippen molar-refractivity contribution in [3.63, 3.8) is 0 Å². The van der Waals surface area contributed by atoms with Crippen LogP contribution in [0, 0.1) is 6.92 Å². The van der Waals surface area contributed by atoms with Crippen LogP contribution in [-0.4, -0.2) is 34.9 Å². The number of aryl methyl sites for hydroxylation is 1. The Balaban J connectivity index is 1.79. The molecule has 0 spiro atoms. The first kappa shape index (κ1) is 11.1. The van der Waals surface area contributed by atoms with Crippen molar-refractivity contribution in [3.05, 3.63) is 18.0 Å². The maximum Gasteiger partial charge on any atom is 0.241 e. The van der Waals surface area contributed by atoms with Gasteiger partial charge >= 0.3 is 0 Å². The van der Waals surface area contributed by atoms with Crippen molar-refractivity contribution < 1.29 is 9.53 Å². The molecule has 1 N–H and O–H groups in total. The Morgan fingerprint density at radius 1 is 1.62 bits per heavy atom. The molecule has 2 heterocycles. The van der Waals surface area contributed by atoms with Gasteiger partial charge in [0.05, 0.1) is 5.69 Å². The fraction of sp³-hybridized carbons (Fsp3) is 0.636. The lowest BCUT2D eigenvalue weighted by atomic mass is 10.1. The normalized spacial score (nSPS) is 17.3. The summed E-state index contributed by atoms with van der Waals surface area (Å²) >= 11 is 0. The van der Waals surface area contributed by atoms with E-state index >= 15 is 0 Å². The molecular weight excluding hydrogens is 206 g/mol. The smallest absolute Gasteiger partial charge is 0.241 e. The largest absolute Gasteiger partial charge is 0.381 e. The molecular formula is C11H17N3O2. The van der Waals surface area contributed by atoms with E-state index in [0.717, 1.165) is 31.7 Å². The Morgan fingerprint density at radius 3 is 3.00 bits per heavy atom. The fourth-order valence-electron chi connectivity index (χ4n) is 1.81. The average Bonchev–Trinajstić information content (AvgIpc) is 2.65. The van der Waals surface area contributed by atoms with Gasteiger partial charge in [-0.1, -0.05) is 0 Å². The van der Waals surface area contributed by atoms with Crippen molar-refractivity contribution in [3.8, 4) is 0 Å². The third-order valence-electron chi connectivity index (χ3n) is 2.67. The van der Waals surface area contributed by atoms with Crippen molar-refractivity contribution in [1.29, 1.82) is 0 Å². The van der Waals surface area contributed by atoms with Gasteiger partial charge in [0, 0.05) is 25.5 Å². The van der Waals surface area contributed by atoms with Gasteiger partial charge < -0.3 is 10.1 Å². The fourth-order valence-corrected chi connectivity index (χ4v) is 1.81. The lowest BCUT2D eigenvalue weighted by molar-refractivity contribution is -0.123. The molecule has 88 valence electrons. The SMILES string of the molecule is Cc1ccn(CC(=O)NC2CCOCC2)n1. The molecule has 0 unspecified atom stereocenters. The lowest BCUT2D eigenvalue weighted by Gasteiger charge is -2.23. The van der Waals surface area contributed by atoms with Crippen molar-refractivity contribution >= 4 is 5.91 Å². The van der Waals surface area contributed by atoms with Crippen molar-refractivity contribution in [2.24, 2.45) is 0 Å². The van der Waals surface area contributed by atoms with Crippen LogP contribution in [0.3, 0.4) is 0 Å². The number of rotatable bonds is 3. The maximum absolute atomic E-state index is 11.7. The number of hydrogen-bond acceptors (Lipinski definition) is 3. The summed E-state index contributed by atoms with van der Waals surface area (Å²) in [7, 11) is 0. The van der Waals surface area contributed by atoms with Crippen LogP contribution in [0.2, 0.25) is 0 Å². The zero-order valence-corrected chi connectivity index (χ0v) is 9.48. The summed E-state index contributed by atoms with van der Waals surface area (Å²) in [5.74, 6) is 0.0231. The number of hydrogen-bond donors (Lipinski definition) is 1. The molecule has 1 aromatic rings. The molecule has 1 aromatic heterocycles. The quantitative estimate of drug-likeness (QED) is 0.811. The van der Waals surface area contributed by atoms with Crippen molar-refractivity contribution in [2.75, 3.05) is 13.2 Å². The van der Waals surface area contributed by atoms with Gasteiger partial charge in [0.25, 0.3) is 0 Å². The van der Waals surface area contributed by atoms with Gasteiger partial charge in [0.1, 0.15) is 6.54 Å². The van der Waals surface area contributed by atoms with Crippen LogP contribution in [-0.2, 0) is 16.1 Å². The highest BCUT2D eigenvalue weighted by Crippen LogP contribution is 2.06. The first-order valence-electron chi connectivity index (χ1n) is 5.61. The first-order chi connectivity index (χ1) is 7.74. The van der Waals surface area contributed by atoms with E-state index in [0.29, 0.717) is 6.54 Å². The number of nitrogens with one attached hydrogen (secondary N) is 1.